The van der Waals surface area contributed by atoms with Gasteiger partial charge in [0, 0.05) is 10.4 Å². The van der Waals surface area contributed by atoms with Crippen molar-refractivity contribution in [3.05, 3.63) is 0 Å². The maximum atomic E-state index is 8.52. The summed E-state index contributed by atoms with van der Waals surface area (Å²) in [7, 11) is -5.17. The van der Waals surface area contributed by atoms with Crippen LogP contribution in [0, 0.1) is 0 Å². The van der Waals surface area contributed by atoms with Gasteiger partial charge in [0.1, 0.15) is 0 Å². The first-order chi connectivity index (χ1) is 18.3. The van der Waals surface area contributed by atoms with E-state index >= 15 is 0 Å². The summed E-state index contributed by atoms with van der Waals surface area (Å²) >= 11 is 0. The lowest BCUT2D eigenvalue weighted by Gasteiger charge is -2.43. The van der Waals surface area contributed by atoms with Crippen molar-refractivity contribution in [3.8, 4) is 0 Å². The Bertz CT molecular complexity index is 551. The number of nitrogens with zero attached hydrogens (tertiary/aromatic N) is 2. The highest BCUT2D eigenvalue weighted by molar-refractivity contribution is 7.79. The van der Waals surface area contributed by atoms with Crippen molar-refractivity contribution in [3.63, 3.8) is 0 Å². The van der Waals surface area contributed by atoms with Gasteiger partial charge in [0.15, 0.2) is 0 Å². The van der Waals surface area contributed by atoms with E-state index in [1.54, 1.807) is 0 Å². The lowest BCUT2D eigenvalue weighted by molar-refractivity contribution is -0.948. The minimum atomic E-state index is -5.17. The second-order valence-electron chi connectivity index (χ2n) is 11.8. The lowest BCUT2D eigenvalue weighted by atomic mass is 10.0. The van der Waals surface area contributed by atoms with Gasteiger partial charge < -0.3 is 18.1 Å². The number of hydrogen-bond donors (Lipinski definition) is 0. The summed E-state index contributed by atoms with van der Waals surface area (Å²) in [4.78, 5) is 0. The van der Waals surface area contributed by atoms with Crippen molar-refractivity contribution in [2.45, 2.75) is 171 Å². The molecule has 240 valence electrons. The van der Waals surface area contributed by atoms with Gasteiger partial charge in [0.05, 0.1) is 51.4 Å². The summed E-state index contributed by atoms with van der Waals surface area (Å²) in [5, 5.41) is 0. The normalized spacial score (nSPS) is 13.6. The molecule has 0 aromatic carbocycles. The van der Waals surface area contributed by atoms with E-state index in [0.717, 1.165) is 12.1 Å². The third kappa shape index (κ3) is 23.1. The zero-order valence-electron chi connectivity index (χ0n) is 28.2. The third-order valence-electron chi connectivity index (χ3n) is 8.91. The minimum absolute atomic E-state index is 0.859. The largest absolute Gasteiger partial charge is 0.759 e. The minimum Gasteiger partial charge on any atom is -0.759 e. The van der Waals surface area contributed by atoms with Crippen molar-refractivity contribution in [2.24, 2.45) is 0 Å². The molecule has 0 N–H and O–H groups in total. The van der Waals surface area contributed by atoms with E-state index in [1.807, 2.05) is 0 Å². The molecule has 0 amide bonds. The summed E-state index contributed by atoms with van der Waals surface area (Å²) in [6.07, 6.45) is 19.3. The first-order valence-corrected chi connectivity index (χ1v) is 18.0. The van der Waals surface area contributed by atoms with Crippen molar-refractivity contribution < 1.29 is 26.5 Å². The Balaban J connectivity index is -0.000000566. The molecule has 0 aromatic rings. The van der Waals surface area contributed by atoms with E-state index in [2.05, 4.69) is 69.2 Å². The molecule has 0 aliphatic carbocycles. The highest BCUT2D eigenvalue weighted by Crippen LogP contribution is 2.22. The fourth-order valence-corrected chi connectivity index (χ4v) is 5.80. The summed E-state index contributed by atoms with van der Waals surface area (Å²) < 4.78 is 36.8. The van der Waals surface area contributed by atoms with Crippen molar-refractivity contribution in [1.82, 2.24) is 0 Å². The van der Waals surface area contributed by atoms with E-state index < -0.39 is 10.4 Å². The van der Waals surface area contributed by atoms with Crippen molar-refractivity contribution in [2.75, 3.05) is 39.3 Å². The van der Waals surface area contributed by atoms with Gasteiger partial charge in [-0.3, -0.25) is 8.42 Å². The molecule has 0 fully saturated rings. The maximum Gasteiger partial charge on any atom is 0.0861 e. The van der Waals surface area contributed by atoms with Crippen LogP contribution in [0.5, 0.6) is 0 Å². The topological polar surface area (TPSA) is 80.3 Å². The van der Waals surface area contributed by atoms with Gasteiger partial charge in [-0.2, -0.15) is 0 Å². The lowest BCUT2D eigenvalue weighted by Crippen LogP contribution is -2.55. The average Bonchev–Trinajstić information content (AvgIpc) is 2.90. The van der Waals surface area contributed by atoms with Crippen LogP contribution in [0.3, 0.4) is 0 Å². The summed E-state index contributed by atoms with van der Waals surface area (Å²) in [5.74, 6) is 0. The third-order valence-corrected chi connectivity index (χ3v) is 8.91. The zero-order valence-corrected chi connectivity index (χ0v) is 29.0. The quantitative estimate of drug-likeness (QED) is 0.0729. The molecular weight excluding hydrogens is 508 g/mol. The molecular formula is C32H72N2O4S. The Kier molecular flexibility index (Phi) is 29.6. The van der Waals surface area contributed by atoms with Gasteiger partial charge in [-0.1, -0.05) is 80.1 Å². The Morgan fingerprint density at radius 2 is 0.692 bits per heavy atom. The molecule has 0 heterocycles. The molecule has 0 saturated heterocycles. The van der Waals surface area contributed by atoms with Crippen LogP contribution in [-0.4, -0.2) is 77.8 Å². The number of rotatable bonds is 22. The highest BCUT2D eigenvalue weighted by atomic mass is 32.3. The zero-order chi connectivity index (χ0) is 30.8. The van der Waals surface area contributed by atoms with E-state index in [9.17, 15) is 0 Å². The van der Waals surface area contributed by atoms with Gasteiger partial charge in [-0.25, -0.2) is 0 Å². The van der Waals surface area contributed by atoms with Crippen molar-refractivity contribution in [1.29, 1.82) is 0 Å². The first-order valence-electron chi connectivity index (χ1n) is 16.7. The van der Waals surface area contributed by atoms with Crippen LogP contribution in [0.15, 0.2) is 0 Å². The van der Waals surface area contributed by atoms with Gasteiger partial charge in [-0.05, 0) is 79.1 Å². The van der Waals surface area contributed by atoms with Gasteiger partial charge in [0.25, 0.3) is 0 Å². The predicted octanol–water partition coefficient (Wildman–Crippen LogP) is 8.67. The van der Waals surface area contributed by atoms with Crippen LogP contribution in [0.4, 0.5) is 0 Å². The molecule has 0 bridgehead atoms. The SMILES string of the molecule is CCCCC(C)[N+](CC)(CCCC)CCCC.CCCCC(C)[N+](CC)(CCCC)CCCC.O=S(=O)([O-])[O-]. The maximum absolute atomic E-state index is 8.52. The molecule has 7 heteroatoms. The van der Waals surface area contributed by atoms with Crippen LogP contribution in [0.25, 0.3) is 0 Å². The monoisotopic (exact) mass is 581 g/mol. The van der Waals surface area contributed by atoms with Crippen LogP contribution in [-0.2, 0) is 10.4 Å². The molecule has 0 spiro atoms. The Hall–Kier alpha value is -0.210. The van der Waals surface area contributed by atoms with Crippen LogP contribution < -0.4 is 0 Å². The molecule has 39 heavy (non-hydrogen) atoms. The fraction of sp³-hybridized carbons (Fsp3) is 1.00. The second-order valence-corrected chi connectivity index (χ2v) is 12.6. The van der Waals surface area contributed by atoms with E-state index in [0.29, 0.717) is 0 Å². The molecule has 2 atom stereocenters. The number of quaternary nitrogens is 2. The van der Waals surface area contributed by atoms with Crippen LogP contribution in [0.1, 0.15) is 159 Å². The number of hydrogen-bond acceptors (Lipinski definition) is 4. The molecule has 0 radical (unpaired) electrons. The fourth-order valence-electron chi connectivity index (χ4n) is 5.80. The number of unbranched alkanes of at least 4 members (excludes halogenated alkanes) is 6. The van der Waals surface area contributed by atoms with E-state index in [1.165, 1.54) is 138 Å². The molecule has 0 aliphatic heterocycles. The standard InChI is InChI=1S/2C16H36N.H2O4S/c2*1-6-10-13-16(5)17(9-4,14-11-7-2)15-12-8-3;1-5(2,3)4/h2*16H,6-15H2,1-5H3;(H2,1,2,3,4)/q2*+1;/p-2. The molecule has 0 aliphatic rings. The first kappa shape index (κ1) is 43.2. The smallest absolute Gasteiger partial charge is 0.0861 e. The van der Waals surface area contributed by atoms with E-state index in [4.69, 9.17) is 17.5 Å². The molecule has 2 unspecified atom stereocenters. The highest BCUT2D eigenvalue weighted by Gasteiger charge is 2.31. The molecule has 0 saturated carbocycles. The predicted molar refractivity (Wildman–Crippen MR) is 169 cm³/mol. The Labute approximate surface area is 247 Å². The summed E-state index contributed by atoms with van der Waals surface area (Å²) in [5.41, 5.74) is 0. The van der Waals surface area contributed by atoms with Crippen LogP contribution >= 0.6 is 0 Å². The molecule has 0 rings (SSSR count). The molecule has 6 nitrogen and oxygen atoms in total. The Morgan fingerprint density at radius 3 is 0.846 bits per heavy atom. The second kappa shape index (κ2) is 26.7. The van der Waals surface area contributed by atoms with E-state index in [-0.39, 0.29) is 0 Å². The van der Waals surface area contributed by atoms with Gasteiger partial charge in [0.2, 0.25) is 0 Å². The molecule has 0 aromatic heterocycles. The summed E-state index contributed by atoms with van der Waals surface area (Å²) in [6, 6.07) is 1.72. The van der Waals surface area contributed by atoms with Crippen molar-refractivity contribution >= 4 is 10.4 Å². The Morgan fingerprint density at radius 1 is 0.487 bits per heavy atom. The van der Waals surface area contributed by atoms with Gasteiger partial charge in [-0.15, -0.1) is 0 Å². The average molecular weight is 581 g/mol. The summed E-state index contributed by atoms with van der Waals surface area (Å²) in [6.45, 7) is 31.9. The van der Waals surface area contributed by atoms with Crippen LogP contribution in [0.2, 0.25) is 0 Å². The van der Waals surface area contributed by atoms with Gasteiger partial charge >= 0.3 is 0 Å².